The predicted octanol–water partition coefficient (Wildman–Crippen LogP) is 5.95. The molecule has 0 aliphatic heterocycles. The number of nitrogens with zero attached hydrogens (tertiary/aromatic N) is 1. The van der Waals surface area contributed by atoms with Gasteiger partial charge in [-0.3, -0.25) is 4.79 Å². The third kappa shape index (κ3) is 6.03. The van der Waals surface area contributed by atoms with Crippen molar-refractivity contribution in [3.05, 3.63) is 105 Å². The molecule has 0 bridgehead atoms. The van der Waals surface area contributed by atoms with Gasteiger partial charge in [-0.15, -0.1) is 0 Å². The number of amides is 1. The summed E-state index contributed by atoms with van der Waals surface area (Å²) >= 11 is 3.40. The number of hydrogen-bond acceptors (Lipinski definition) is 3. The van der Waals surface area contributed by atoms with Crippen molar-refractivity contribution in [2.45, 2.75) is 19.6 Å². The molecule has 156 valence electrons. The van der Waals surface area contributed by atoms with Crippen LogP contribution >= 0.6 is 15.9 Å². The van der Waals surface area contributed by atoms with Crippen LogP contribution in [-0.4, -0.2) is 5.91 Å². The first-order chi connectivity index (χ1) is 15.0. The maximum Gasteiger partial charge on any atom is 0.262 e. The van der Waals surface area contributed by atoms with Crippen molar-refractivity contribution in [2.24, 2.45) is 0 Å². The smallest absolute Gasteiger partial charge is 0.262 e. The quantitative estimate of drug-likeness (QED) is 0.337. The summed E-state index contributed by atoms with van der Waals surface area (Å²) in [4.78, 5) is 12.7. The van der Waals surface area contributed by atoms with Gasteiger partial charge in [0.2, 0.25) is 0 Å². The molecular formula is C25H20BrFN2O2. The molecule has 0 aromatic heterocycles. The molecule has 3 rings (SSSR count). The van der Waals surface area contributed by atoms with Gasteiger partial charge >= 0.3 is 0 Å². The van der Waals surface area contributed by atoms with Gasteiger partial charge in [0, 0.05) is 15.6 Å². The van der Waals surface area contributed by atoms with E-state index in [0.717, 1.165) is 10.0 Å². The van der Waals surface area contributed by atoms with Crippen molar-refractivity contribution < 1.29 is 13.9 Å². The molecule has 0 unspecified atom stereocenters. The fourth-order valence-electron chi connectivity index (χ4n) is 2.94. The lowest BCUT2D eigenvalue weighted by Crippen LogP contribution is -2.27. The minimum absolute atomic E-state index is 0.0221. The summed E-state index contributed by atoms with van der Waals surface area (Å²) in [6.07, 6.45) is 1.47. The van der Waals surface area contributed by atoms with E-state index in [1.54, 1.807) is 36.4 Å². The average Bonchev–Trinajstić information content (AvgIpc) is 2.78. The maximum absolute atomic E-state index is 13.9. The first-order valence-electron chi connectivity index (χ1n) is 9.61. The van der Waals surface area contributed by atoms with Crippen LogP contribution in [0.25, 0.3) is 6.08 Å². The Balaban J connectivity index is 1.81. The Labute approximate surface area is 189 Å². The second-order valence-corrected chi connectivity index (χ2v) is 7.75. The average molecular weight is 479 g/mol. The van der Waals surface area contributed by atoms with Gasteiger partial charge in [0.1, 0.15) is 29.8 Å². The molecule has 1 amide bonds. The first-order valence-corrected chi connectivity index (χ1v) is 10.4. The van der Waals surface area contributed by atoms with Gasteiger partial charge in [-0.1, -0.05) is 64.5 Å². The lowest BCUT2D eigenvalue weighted by Gasteiger charge is -2.14. The van der Waals surface area contributed by atoms with Crippen LogP contribution in [0.5, 0.6) is 5.75 Å². The zero-order chi connectivity index (χ0) is 22.2. The van der Waals surface area contributed by atoms with Gasteiger partial charge in [0.05, 0.1) is 6.04 Å². The molecule has 0 heterocycles. The number of halogens is 2. The van der Waals surface area contributed by atoms with Gasteiger partial charge in [0.15, 0.2) is 0 Å². The zero-order valence-corrected chi connectivity index (χ0v) is 18.4. The lowest BCUT2D eigenvalue weighted by atomic mass is 10.1. The van der Waals surface area contributed by atoms with Gasteiger partial charge in [-0.25, -0.2) is 4.39 Å². The van der Waals surface area contributed by atoms with E-state index in [9.17, 15) is 14.4 Å². The highest BCUT2D eigenvalue weighted by Gasteiger charge is 2.15. The van der Waals surface area contributed by atoms with Crippen LogP contribution in [0.3, 0.4) is 0 Å². The Kier molecular flexibility index (Phi) is 7.58. The van der Waals surface area contributed by atoms with E-state index in [2.05, 4.69) is 21.2 Å². The molecule has 3 aromatic rings. The van der Waals surface area contributed by atoms with Crippen LogP contribution in [0.15, 0.2) is 82.8 Å². The molecule has 0 radical (unpaired) electrons. The number of nitriles is 1. The molecule has 0 saturated carbocycles. The minimum Gasteiger partial charge on any atom is -0.488 e. The van der Waals surface area contributed by atoms with Crippen molar-refractivity contribution in [3.8, 4) is 11.8 Å². The van der Waals surface area contributed by atoms with E-state index in [1.165, 1.54) is 12.1 Å². The van der Waals surface area contributed by atoms with Gasteiger partial charge < -0.3 is 10.1 Å². The highest BCUT2D eigenvalue weighted by molar-refractivity contribution is 9.10. The molecule has 0 spiro atoms. The summed E-state index contributed by atoms with van der Waals surface area (Å²) < 4.78 is 20.4. The first kappa shape index (κ1) is 22.3. The minimum atomic E-state index is -0.487. The van der Waals surface area contributed by atoms with Crippen LogP contribution in [0.1, 0.15) is 29.7 Å². The molecule has 0 saturated heterocycles. The second-order valence-electron chi connectivity index (χ2n) is 6.84. The predicted molar refractivity (Wildman–Crippen MR) is 121 cm³/mol. The molecule has 31 heavy (non-hydrogen) atoms. The number of carbonyl (C=O) groups is 1. The fraction of sp³-hybridized carbons (Fsp3) is 0.120. The molecule has 6 heteroatoms. The maximum atomic E-state index is 13.9. The summed E-state index contributed by atoms with van der Waals surface area (Å²) in [7, 11) is 0. The monoisotopic (exact) mass is 478 g/mol. The largest absolute Gasteiger partial charge is 0.488 e. The van der Waals surface area contributed by atoms with Crippen LogP contribution in [0.4, 0.5) is 4.39 Å². The molecule has 0 aliphatic carbocycles. The third-order valence-electron chi connectivity index (χ3n) is 4.62. The number of benzene rings is 3. The Morgan fingerprint density at radius 3 is 2.58 bits per heavy atom. The highest BCUT2D eigenvalue weighted by Crippen LogP contribution is 2.27. The molecule has 4 nitrogen and oxygen atoms in total. The molecule has 3 aromatic carbocycles. The van der Waals surface area contributed by atoms with Gasteiger partial charge in [-0.05, 0) is 42.8 Å². The highest BCUT2D eigenvalue weighted by atomic mass is 79.9. The van der Waals surface area contributed by atoms with Crippen LogP contribution < -0.4 is 10.1 Å². The van der Waals surface area contributed by atoms with E-state index in [0.29, 0.717) is 16.9 Å². The van der Waals surface area contributed by atoms with E-state index >= 15 is 0 Å². The van der Waals surface area contributed by atoms with E-state index < -0.39 is 5.91 Å². The van der Waals surface area contributed by atoms with Crippen LogP contribution in [0.2, 0.25) is 0 Å². The normalized spacial score (nSPS) is 12.0. The van der Waals surface area contributed by atoms with E-state index in [4.69, 9.17) is 4.74 Å². The third-order valence-corrected chi connectivity index (χ3v) is 5.12. The summed E-state index contributed by atoms with van der Waals surface area (Å²) in [6.45, 7) is 1.87. The number of rotatable bonds is 7. The standard InChI is InChI=1S/C25H20BrFN2O2/c1-17(18-7-3-2-4-8-18)29-25(30)21(15-28)13-20-14-22(26)11-12-24(20)31-16-19-9-5-6-10-23(19)27/h2-14,17H,16H2,1H3,(H,29,30)/b21-13-/t17-/m0/s1. The van der Waals surface area contributed by atoms with E-state index in [-0.39, 0.29) is 24.0 Å². The van der Waals surface area contributed by atoms with Crippen molar-refractivity contribution in [2.75, 3.05) is 0 Å². The summed E-state index contributed by atoms with van der Waals surface area (Å²) in [6, 6.07) is 22.8. The van der Waals surface area contributed by atoms with Crippen molar-refractivity contribution in [1.82, 2.24) is 5.32 Å². The molecule has 1 N–H and O–H groups in total. The van der Waals surface area contributed by atoms with Gasteiger partial charge in [0.25, 0.3) is 5.91 Å². The Bertz CT molecular complexity index is 1140. The SMILES string of the molecule is C[C@H](NC(=O)/C(C#N)=C\c1cc(Br)ccc1OCc1ccccc1F)c1ccccc1. The lowest BCUT2D eigenvalue weighted by molar-refractivity contribution is -0.117. The van der Waals surface area contributed by atoms with Crippen LogP contribution in [-0.2, 0) is 11.4 Å². The zero-order valence-electron chi connectivity index (χ0n) is 16.8. The Hall–Kier alpha value is -3.43. The number of nitrogens with one attached hydrogen (secondary N) is 1. The van der Waals surface area contributed by atoms with Crippen molar-refractivity contribution in [3.63, 3.8) is 0 Å². The molecular weight excluding hydrogens is 459 g/mol. The summed E-state index contributed by atoms with van der Waals surface area (Å²) in [5, 5.41) is 12.4. The van der Waals surface area contributed by atoms with E-state index in [1.807, 2.05) is 43.3 Å². The molecule has 1 atom stereocenters. The Morgan fingerprint density at radius 2 is 1.87 bits per heavy atom. The molecule has 0 fully saturated rings. The Morgan fingerprint density at radius 1 is 1.16 bits per heavy atom. The number of carbonyl (C=O) groups excluding carboxylic acids is 1. The molecule has 0 aliphatic rings. The van der Waals surface area contributed by atoms with Gasteiger partial charge in [-0.2, -0.15) is 5.26 Å². The second kappa shape index (κ2) is 10.6. The summed E-state index contributed by atoms with van der Waals surface area (Å²) in [5.41, 5.74) is 1.82. The fourth-order valence-corrected chi connectivity index (χ4v) is 3.32. The van der Waals surface area contributed by atoms with Crippen molar-refractivity contribution in [1.29, 1.82) is 5.26 Å². The topological polar surface area (TPSA) is 62.1 Å². The summed E-state index contributed by atoms with van der Waals surface area (Å²) in [5.74, 6) is -0.411. The van der Waals surface area contributed by atoms with Crippen molar-refractivity contribution >= 4 is 27.9 Å². The number of ether oxygens (including phenoxy) is 1. The number of hydrogen-bond donors (Lipinski definition) is 1. The van der Waals surface area contributed by atoms with Crippen LogP contribution in [0, 0.1) is 17.1 Å².